The van der Waals surface area contributed by atoms with E-state index in [1.807, 2.05) is 24.3 Å². The SMILES string of the molecule is CCc1ccc(N(C)C(=O)c2ccc(C(=O)O)o2)cc1. The van der Waals surface area contributed by atoms with Crippen molar-refractivity contribution in [1.29, 1.82) is 0 Å². The zero-order valence-corrected chi connectivity index (χ0v) is 11.3. The van der Waals surface area contributed by atoms with E-state index >= 15 is 0 Å². The van der Waals surface area contributed by atoms with Gasteiger partial charge >= 0.3 is 5.97 Å². The highest BCUT2D eigenvalue weighted by Gasteiger charge is 2.19. The van der Waals surface area contributed by atoms with E-state index < -0.39 is 5.97 Å². The zero-order chi connectivity index (χ0) is 14.7. The number of nitrogens with zero attached hydrogens (tertiary/aromatic N) is 1. The molecule has 2 aromatic rings. The van der Waals surface area contributed by atoms with Gasteiger partial charge < -0.3 is 14.4 Å². The summed E-state index contributed by atoms with van der Waals surface area (Å²) < 4.78 is 5.00. The molecule has 1 aromatic carbocycles. The van der Waals surface area contributed by atoms with Crippen LogP contribution in [0.2, 0.25) is 0 Å². The van der Waals surface area contributed by atoms with Crippen molar-refractivity contribution in [3.05, 3.63) is 53.5 Å². The van der Waals surface area contributed by atoms with Crippen LogP contribution >= 0.6 is 0 Å². The maximum absolute atomic E-state index is 12.2. The predicted octanol–water partition coefficient (Wildman–Crippen LogP) is 2.82. The molecular formula is C15H15NO4. The van der Waals surface area contributed by atoms with Gasteiger partial charge in [-0.05, 0) is 36.2 Å². The van der Waals surface area contributed by atoms with E-state index in [1.165, 1.54) is 22.6 Å². The van der Waals surface area contributed by atoms with Crippen LogP contribution in [0.25, 0.3) is 0 Å². The lowest BCUT2D eigenvalue weighted by Gasteiger charge is -2.16. The average molecular weight is 273 g/mol. The quantitative estimate of drug-likeness (QED) is 0.929. The van der Waals surface area contributed by atoms with Gasteiger partial charge in [0.2, 0.25) is 5.76 Å². The molecule has 104 valence electrons. The molecule has 0 saturated heterocycles. The van der Waals surface area contributed by atoms with E-state index in [9.17, 15) is 9.59 Å². The largest absolute Gasteiger partial charge is 0.475 e. The number of benzene rings is 1. The number of anilines is 1. The third-order valence-corrected chi connectivity index (χ3v) is 3.06. The first-order chi connectivity index (χ1) is 9.52. The minimum absolute atomic E-state index is 0.00414. The van der Waals surface area contributed by atoms with Gasteiger partial charge in [-0.3, -0.25) is 4.79 Å². The molecule has 0 radical (unpaired) electrons. The molecule has 1 aromatic heterocycles. The minimum atomic E-state index is -1.20. The fourth-order valence-electron chi connectivity index (χ4n) is 1.81. The lowest BCUT2D eigenvalue weighted by Crippen LogP contribution is -2.25. The Morgan fingerprint density at radius 2 is 1.70 bits per heavy atom. The highest BCUT2D eigenvalue weighted by atomic mass is 16.4. The molecule has 0 spiro atoms. The lowest BCUT2D eigenvalue weighted by atomic mass is 10.1. The Hall–Kier alpha value is -2.56. The van der Waals surface area contributed by atoms with Crippen molar-refractivity contribution < 1.29 is 19.1 Å². The van der Waals surface area contributed by atoms with Crippen LogP contribution in [-0.2, 0) is 6.42 Å². The van der Waals surface area contributed by atoms with Gasteiger partial charge in [-0.1, -0.05) is 19.1 Å². The highest BCUT2D eigenvalue weighted by Crippen LogP contribution is 2.18. The van der Waals surface area contributed by atoms with Crippen molar-refractivity contribution in [1.82, 2.24) is 0 Å². The van der Waals surface area contributed by atoms with Crippen LogP contribution in [0.15, 0.2) is 40.8 Å². The minimum Gasteiger partial charge on any atom is -0.475 e. The van der Waals surface area contributed by atoms with Crippen molar-refractivity contribution >= 4 is 17.6 Å². The molecule has 0 fully saturated rings. The number of hydrogen-bond acceptors (Lipinski definition) is 3. The Kier molecular flexibility index (Phi) is 3.89. The molecular weight excluding hydrogens is 258 g/mol. The van der Waals surface area contributed by atoms with Crippen molar-refractivity contribution in [2.24, 2.45) is 0 Å². The van der Waals surface area contributed by atoms with Crippen LogP contribution < -0.4 is 4.90 Å². The van der Waals surface area contributed by atoms with Crippen LogP contribution in [-0.4, -0.2) is 24.0 Å². The summed E-state index contributed by atoms with van der Waals surface area (Å²) in [5, 5.41) is 8.77. The molecule has 0 aliphatic rings. The van der Waals surface area contributed by atoms with E-state index in [2.05, 4.69) is 6.92 Å². The van der Waals surface area contributed by atoms with E-state index in [1.54, 1.807) is 7.05 Å². The Labute approximate surface area is 116 Å². The first-order valence-corrected chi connectivity index (χ1v) is 6.23. The van der Waals surface area contributed by atoms with E-state index in [0.717, 1.165) is 12.1 Å². The summed E-state index contributed by atoms with van der Waals surface area (Å²) in [6.45, 7) is 2.06. The summed E-state index contributed by atoms with van der Waals surface area (Å²) in [5.74, 6) is -1.83. The summed E-state index contributed by atoms with van der Waals surface area (Å²) in [6.07, 6.45) is 0.929. The molecule has 0 atom stereocenters. The lowest BCUT2D eigenvalue weighted by molar-refractivity contribution is 0.0660. The van der Waals surface area contributed by atoms with Gasteiger partial charge in [0.1, 0.15) is 0 Å². The summed E-state index contributed by atoms with van der Waals surface area (Å²) in [7, 11) is 1.62. The molecule has 20 heavy (non-hydrogen) atoms. The summed E-state index contributed by atoms with van der Waals surface area (Å²) >= 11 is 0. The molecule has 0 bridgehead atoms. The molecule has 1 heterocycles. The molecule has 1 amide bonds. The maximum atomic E-state index is 12.2. The van der Waals surface area contributed by atoms with E-state index in [0.29, 0.717) is 0 Å². The van der Waals surface area contributed by atoms with Crippen LogP contribution in [0, 0.1) is 0 Å². The number of hydrogen-bond donors (Lipinski definition) is 1. The standard InChI is InChI=1S/C15H15NO4/c1-3-10-4-6-11(7-5-10)16(2)14(17)12-8-9-13(20-12)15(18)19/h4-9H,3H2,1-2H3,(H,18,19). The normalized spacial score (nSPS) is 10.3. The van der Waals surface area contributed by atoms with Crippen molar-refractivity contribution in [3.63, 3.8) is 0 Å². The second-order valence-corrected chi connectivity index (χ2v) is 4.35. The molecule has 0 aliphatic heterocycles. The van der Waals surface area contributed by atoms with Gasteiger partial charge in [0, 0.05) is 12.7 Å². The Balaban J connectivity index is 2.20. The Morgan fingerprint density at radius 3 is 2.20 bits per heavy atom. The average Bonchev–Trinajstić information content (AvgIpc) is 2.96. The number of carbonyl (C=O) groups is 2. The first kappa shape index (κ1) is 13.9. The van der Waals surface area contributed by atoms with E-state index in [-0.39, 0.29) is 17.4 Å². The molecule has 5 nitrogen and oxygen atoms in total. The second kappa shape index (κ2) is 5.61. The zero-order valence-electron chi connectivity index (χ0n) is 11.3. The number of carboxylic acids is 1. The van der Waals surface area contributed by atoms with Gasteiger partial charge in [-0.15, -0.1) is 0 Å². The molecule has 2 rings (SSSR count). The molecule has 0 unspecified atom stereocenters. The predicted molar refractivity (Wildman–Crippen MR) is 74.2 cm³/mol. The number of aromatic carboxylic acids is 1. The van der Waals surface area contributed by atoms with Gasteiger partial charge in [-0.2, -0.15) is 0 Å². The monoisotopic (exact) mass is 273 g/mol. The molecule has 1 N–H and O–H groups in total. The number of rotatable bonds is 4. The number of furan rings is 1. The summed E-state index contributed by atoms with van der Waals surface area (Å²) in [5.41, 5.74) is 1.90. The highest BCUT2D eigenvalue weighted by molar-refractivity contribution is 6.04. The van der Waals surface area contributed by atoms with Gasteiger partial charge in [0.25, 0.3) is 5.91 Å². The third kappa shape index (κ3) is 2.71. The smallest absolute Gasteiger partial charge is 0.371 e. The summed E-state index contributed by atoms with van der Waals surface area (Å²) in [4.78, 5) is 24.3. The third-order valence-electron chi connectivity index (χ3n) is 3.06. The van der Waals surface area contributed by atoms with Crippen LogP contribution in [0.4, 0.5) is 5.69 Å². The van der Waals surface area contributed by atoms with Crippen molar-refractivity contribution in [3.8, 4) is 0 Å². The topological polar surface area (TPSA) is 70.8 Å². The van der Waals surface area contributed by atoms with E-state index in [4.69, 9.17) is 9.52 Å². The fraction of sp³-hybridized carbons (Fsp3) is 0.200. The van der Waals surface area contributed by atoms with Gasteiger partial charge in [-0.25, -0.2) is 4.79 Å². The second-order valence-electron chi connectivity index (χ2n) is 4.35. The Bertz CT molecular complexity index is 628. The number of aryl methyl sites for hydroxylation is 1. The molecule has 0 aliphatic carbocycles. The van der Waals surface area contributed by atoms with Gasteiger partial charge in [0.15, 0.2) is 5.76 Å². The van der Waals surface area contributed by atoms with Crippen LogP contribution in [0.5, 0.6) is 0 Å². The number of amides is 1. The Morgan fingerprint density at radius 1 is 1.10 bits per heavy atom. The first-order valence-electron chi connectivity index (χ1n) is 6.23. The van der Waals surface area contributed by atoms with Crippen LogP contribution in [0.1, 0.15) is 33.6 Å². The number of carboxylic acid groups (broad SMARTS) is 1. The van der Waals surface area contributed by atoms with Crippen molar-refractivity contribution in [2.75, 3.05) is 11.9 Å². The van der Waals surface area contributed by atoms with Crippen LogP contribution in [0.3, 0.4) is 0 Å². The summed E-state index contributed by atoms with van der Waals surface area (Å²) in [6, 6.07) is 10.2. The maximum Gasteiger partial charge on any atom is 0.371 e. The number of carbonyl (C=O) groups excluding carboxylic acids is 1. The molecule has 0 saturated carbocycles. The fourth-order valence-corrected chi connectivity index (χ4v) is 1.81. The van der Waals surface area contributed by atoms with Gasteiger partial charge in [0.05, 0.1) is 0 Å². The van der Waals surface area contributed by atoms with Crippen molar-refractivity contribution in [2.45, 2.75) is 13.3 Å². The molecule has 5 heteroatoms.